The zero-order valence-corrected chi connectivity index (χ0v) is 21.0. The number of nitrogens with one attached hydrogen (secondary N) is 2. The lowest BCUT2D eigenvalue weighted by Gasteiger charge is -2.11. The number of sulfonamides is 1. The van der Waals surface area contributed by atoms with Crippen molar-refractivity contribution >= 4 is 15.9 Å². The molecule has 11 nitrogen and oxygen atoms in total. The van der Waals surface area contributed by atoms with E-state index >= 15 is 0 Å². The fourth-order valence-electron chi connectivity index (χ4n) is 4.32. The Bertz CT molecular complexity index is 1360. The molecular weight excluding hydrogens is 489 g/mol. The minimum Gasteiger partial charge on any atom is -0.494 e. The molecule has 0 spiro atoms. The van der Waals surface area contributed by atoms with Gasteiger partial charge in [0.25, 0.3) is 5.91 Å². The number of aromatic nitrogens is 5. The van der Waals surface area contributed by atoms with Gasteiger partial charge in [-0.05, 0) is 55.9 Å². The van der Waals surface area contributed by atoms with E-state index in [0.29, 0.717) is 29.3 Å². The predicted molar refractivity (Wildman–Crippen MR) is 129 cm³/mol. The molecule has 3 aromatic rings. The SMILES string of the molecule is COc1cc(CNC(=O)c2cc(-c3cn(C[C@@H]4CC[C@H](NS(C)(=O)=O)C4)nn3)nc(C)n2)ccc1F. The highest BCUT2D eigenvalue weighted by molar-refractivity contribution is 7.88. The number of benzene rings is 1. The highest BCUT2D eigenvalue weighted by Crippen LogP contribution is 2.27. The maximum Gasteiger partial charge on any atom is 0.270 e. The van der Waals surface area contributed by atoms with Gasteiger partial charge in [0.15, 0.2) is 11.6 Å². The van der Waals surface area contributed by atoms with Crippen molar-refractivity contribution in [3.63, 3.8) is 0 Å². The summed E-state index contributed by atoms with van der Waals surface area (Å²) in [7, 11) is -1.85. The van der Waals surface area contributed by atoms with Crippen molar-refractivity contribution in [3.8, 4) is 17.1 Å². The van der Waals surface area contributed by atoms with Gasteiger partial charge in [0.05, 0.1) is 25.3 Å². The summed E-state index contributed by atoms with van der Waals surface area (Å²) < 4.78 is 45.9. The number of rotatable bonds is 9. The number of aryl methyl sites for hydroxylation is 1. The number of hydrogen-bond donors (Lipinski definition) is 2. The summed E-state index contributed by atoms with van der Waals surface area (Å²) in [6.45, 7) is 2.46. The number of carbonyl (C=O) groups excluding carboxylic acids is 1. The summed E-state index contributed by atoms with van der Waals surface area (Å²) in [5.41, 5.74) is 1.81. The van der Waals surface area contributed by atoms with E-state index in [-0.39, 0.29) is 29.9 Å². The summed E-state index contributed by atoms with van der Waals surface area (Å²) >= 11 is 0. The molecule has 0 saturated heterocycles. The van der Waals surface area contributed by atoms with Crippen LogP contribution >= 0.6 is 0 Å². The van der Waals surface area contributed by atoms with Gasteiger partial charge in [0.2, 0.25) is 10.0 Å². The molecule has 0 aliphatic heterocycles. The van der Waals surface area contributed by atoms with Crippen LogP contribution in [0.25, 0.3) is 11.4 Å². The van der Waals surface area contributed by atoms with E-state index in [0.717, 1.165) is 19.3 Å². The van der Waals surface area contributed by atoms with Gasteiger partial charge in [-0.25, -0.2) is 27.5 Å². The monoisotopic (exact) mass is 517 g/mol. The molecule has 1 aliphatic rings. The molecule has 13 heteroatoms. The Kier molecular flexibility index (Phi) is 7.59. The van der Waals surface area contributed by atoms with Gasteiger partial charge in [-0.3, -0.25) is 9.48 Å². The Morgan fingerprint density at radius 2 is 2.03 bits per heavy atom. The highest BCUT2D eigenvalue weighted by atomic mass is 32.2. The zero-order valence-electron chi connectivity index (χ0n) is 20.2. The van der Waals surface area contributed by atoms with E-state index < -0.39 is 21.7 Å². The lowest BCUT2D eigenvalue weighted by atomic mass is 10.1. The van der Waals surface area contributed by atoms with Crippen LogP contribution < -0.4 is 14.8 Å². The van der Waals surface area contributed by atoms with Gasteiger partial charge in [-0.1, -0.05) is 11.3 Å². The van der Waals surface area contributed by atoms with E-state index in [1.165, 1.54) is 25.5 Å². The van der Waals surface area contributed by atoms with Gasteiger partial charge < -0.3 is 10.1 Å². The first-order valence-electron chi connectivity index (χ1n) is 11.4. The normalized spacial score (nSPS) is 17.8. The van der Waals surface area contributed by atoms with Crippen molar-refractivity contribution < 1.29 is 22.3 Å². The minimum absolute atomic E-state index is 0.0606. The number of nitrogens with zero attached hydrogens (tertiary/aromatic N) is 5. The molecule has 1 aliphatic carbocycles. The molecule has 0 radical (unpaired) electrons. The quantitative estimate of drug-likeness (QED) is 0.438. The van der Waals surface area contributed by atoms with E-state index in [4.69, 9.17) is 4.74 Å². The zero-order chi connectivity index (χ0) is 25.9. The van der Waals surface area contributed by atoms with Gasteiger partial charge in [-0.15, -0.1) is 5.10 Å². The van der Waals surface area contributed by atoms with Crippen molar-refractivity contribution in [3.05, 3.63) is 53.4 Å². The summed E-state index contributed by atoms with van der Waals surface area (Å²) in [6.07, 6.45) is 5.33. The third-order valence-corrected chi connectivity index (χ3v) is 6.67. The van der Waals surface area contributed by atoms with Crippen molar-refractivity contribution in [1.82, 2.24) is 35.0 Å². The minimum atomic E-state index is -3.23. The van der Waals surface area contributed by atoms with Gasteiger partial charge >= 0.3 is 0 Å². The number of hydrogen-bond acceptors (Lipinski definition) is 8. The molecule has 2 atom stereocenters. The number of amides is 1. The Labute approximate surface area is 208 Å². The lowest BCUT2D eigenvalue weighted by Crippen LogP contribution is -2.32. The van der Waals surface area contributed by atoms with E-state index in [1.54, 1.807) is 29.9 Å². The number of halogens is 1. The van der Waals surface area contributed by atoms with Crippen molar-refractivity contribution in [2.75, 3.05) is 13.4 Å². The molecule has 2 aromatic heterocycles. The van der Waals surface area contributed by atoms with Crippen LogP contribution in [-0.4, -0.2) is 58.7 Å². The van der Waals surface area contributed by atoms with Gasteiger partial charge in [0, 0.05) is 19.1 Å². The fraction of sp³-hybridized carbons (Fsp3) is 0.435. The number of methoxy groups -OCH3 is 1. The third kappa shape index (κ3) is 6.61. The maximum atomic E-state index is 13.6. The smallest absolute Gasteiger partial charge is 0.270 e. The second-order valence-corrected chi connectivity index (χ2v) is 10.7. The molecule has 4 rings (SSSR count). The van der Waals surface area contributed by atoms with Crippen LogP contribution in [-0.2, 0) is 23.1 Å². The molecule has 192 valence electrons. The highest BCUT2D eigenvalue weighted by Gasteiger charge is 2.27. The van der Waals surface area contributed by atoms with Crippen molar-refractivity contribution in [1.29, 1.82) is 0 Å². The first-order chi connectivity index (χ1) is 17.1. The summed E-state index contributed by atoms with van der Waals surface area (Å²) in [4.78, 5) is 21.4. The fourth-order valence-corrected chi connectivity index (χ4v) is 5.14. The molecule has 36 heavy (non-hydrogen) atoms. The lowest BCUT2D eigenvalue weighted by molar-refractivity contribution is 0.0945. The van der Waals surface area contributed by atoms with Crippen molar-refractivity contribution in [2.45, 2.75) is 45.3 Å². The van der Waals surface area contributed by atoms with Gasteiger partial charge in [0.1, 0.15) is 17.2 Å². The van der Waals surface area contributed by atoms with Crippen LogP contribution in [0.2, 0.25) is 0 Å². The molecule has 1 aromatic carbocycles. The van der Waals surface area contributed by atoms with Crippen LogP contribution in [0.1, 0.15) is 41.1 Å². The number of ether oxygens (including phenoxy) is 1. The Morgan fingerprint density at radius 1 is 1.22 bits per heavy atom. The first-order valence-corrected chi connectivity index (χ1v) is 13.3. The topological polar surface area (TPSA) is 141 Å². The molecule has 2 heterocycles. The largest absolute Gasteiger partial charge is 0.494 e. The Morgan fingerprint density at radius 3 is 2.78 bits per heavy atom. The second kappa shape index (κ2) is 10.7. The van der Waals surface area contributed by atoms with Gasteiger partial charge in [-0.2, -0.15) is 0 Å². The molecule has 1 saturated carbocycles. The molecule has 2 N–H and O–H groups in total. The molecule has 1 fully saturated rings. The standard InChI is InChI=1S/C23H28FN7O4S/c1-14-26-19(10-20(27-14)23(32)25-11-15-5-7-18(24)22(9-15)35-2)21-13-31(30-28-21)12-16-4-6-17(8-16)29-36(3,33)34/h5,7,9-10,13,16-17,29H,4,6,8,11-12H2,1-3H3,(H,25,32)/t16-,17+/m1/s1. The second-order valence-electron chi connectivity index (χ2n) is 8.93. The Hall–Kier alpha value is -3.45. The summed E-state index contributed by atoms with van der Waals surface area (Å²) in [6, 6.07) is 5.86. The third-order valence-electron chi connectivity index (χ3n) is 5.91. The maximum absolute atomic E-state index is 13.6. The van der Waals surface area contributed by atoms with E-state index in [1.807, 2.05) is 0 Å². The Balaban J connectivity index is 1.40. The molecule has 0 bridgehead atoms. The summed E-state index contributed by atoms with van der Waals surface area (Å²) in [5, 5.41) is 11.2. The van der Waals surface area contributed by atoms with Crippen LogP contribution in [0.5, 0.6) is 5.75 Å². The average molecular weight is 518 g/mol. The molecule has 1 amide bonds. The van der Waals surface area contributed by atoms with Crippen LogP contribution in [0, 0.1) is 18.7 Å². The van der Waals surface area contributed by atoms with E-state index in [9.17, 15) is 17.6 Å². The van der Waals surface area contributed by atoms with Crippen molar-refractivity contribution in [2.24, 2.45) is 5.92 Å². The first kappa shape index (κ1) is 25.6. The summed E-state index contributed by atoms with van der Waals surface area (Å²) in [5.74, 6) is -0.105. The van der Waals surface area contributed by atoms with E-state index in [2.05, 4.69) is 30.3 Å². The molecular formula is C23H28FN7O4S. The number of carbonyl (C=O) groups is 1. The van der Waals surface area contributed by atoms with Crippen LogP contribution in [0.3, 0.4) is 0 Å². The van der Waals surface area contributed by atoms with Crippen LogP contribution in [0.4, 0.5) is 4.39 Å². The predicted octanol–water partition coefficient (Wildman–Crippen LogP) is 1.84. The average Bonchev–Trinajstić information content (AvgIpc) is 3.46. The van der Waals surface area contributed by atoms with Crippen LogP contribution in [0.15, 0.2) is 30.5 Å². The molecule has 0 unspecified atom stereocenters.